The number of nitrogens with one attached hydrogen (secondary N) is 1. The van der Waals surface area contributed by atoms with E-state index < -0.39 is 11.7 Å². The second kappa shape index (κ2) is 6.55. The van der Waals surface area contributed by atoms with E-state index in [4.69, 9.17) is 4.74 Å². The number of amides is 1. The Balaban J connectivity index is 2.00. The summed E-state index contributed by atoms with van der Waals surface area (Å²) in [5.41, 5.74) is 0.342. The Morgan fingerprint density at radius 3 is 2.73 bits per heavy atom. The molecule has 1 amide bonds. The van der Waals surface area contributed by atoms with E-state index in [0.29, 0.717) is 12.5 Å². The van der Waals surface area contributed by atoms with Crippen LogP contribution in [0.1, 0.15) is 34.1 Å². The zero-order valence-corrected chi connectivity index (χ0v) is 13.7. The lowest BCUT2D eigenvalue weighted by Gasteiger charge is -2.38. The standard InChI is InChI=1S/C17H25FN2O2/c1-12-8-14(19-16(21)22-17(2,3)4)11-20(10-12)15-7-5-6-13(18)9-15/h5-7,9,12,14H,8,10-11H2,1-4H3,(H,19,21). The summed E-state index contributed by atoms with van der Waals surface area (Å²) < 4.78 is 18.7. The van der Waals surface area contributed by atoms with Crippen LogP contribution in [0.4, 0.5) is 14.9 Å². The molecule has 1 aliphatic heterocycles. The van der Waals surface area contributed by atoms with Gasteiger partial charge < -0.3 is 15.0 Å². The van der Waals surface area contributed by atoms with Crippen molar-refractivity contribution < 1.29 is 13.9 Å². The van der Waals surface area contributed by atoms with Crippen LogP contribution in [0.2, 0.25) is 0 Å². The van der Waals surface area contributed by atoms with Crippen LogP contribution in [-0.2, 0) is 4.74 Å². The van der Waals surface area contributed by atoms with Gasteiger partial charge in [-0.2, -0.15) is 0 Å². The van der Waals surface area contributed by atoms with Crippen molar-refractivity contribution in [3.63, 3.8) is 0 Å². The van der Waals surface area contributed by atoms with Crippen LogP contribution in [0.15, 0.2) is 24.3 Å². The molecule has 122 valence electrons. The molecule has 0 aliphatic carbocycles. The largest absolute Gasteiger partial charge is 0.444 e. The van der Waals surface area contributed by atoms with Crippen molar-refractivity contribution >= 4 is 11.8 Å². The average Bonchev–Trinajstić information content (AvgIpc) is 2.35. The number of halogens is 1. The molecular weight excluding hydrogens is 283 g/mol. The van der Waals surface area contributed by atoms with Crippen LogP contribution in [-0.4, -0.2) is 30.8 Å². The summed E-state index contributed by atoms with van der Waals surface area (Å²) in [5.74, 6) is 0.171. The predicted molar refractivity (Wildman–Crippen MR) is 85.6 cm³/mol. The molecule has 5 heteroatoms. The summed E-state index contributed by atoms with van der Waals surface area (Å²) in [6.07, 6.45) is 0.496. The first kappa shape index (κ1) is 16.6. The van der Waals surface area contributed by atoms with Gasteiger partial charge in [0.25, 0.3) is 0 Å². The van der Waals surface area contributed by atoms with E-state index in [-0.39, 0.29) is 11.9 Å². The Morgan fingerprint density at radius 2 is 2.09 bits per heavy atom. The van der Waals surface area contributed by atoms with Gasteiger partial charge in [0.05, 0.1) is 0 Å². The van der Waals surface area contributed by atoms with Crippen LogP contribution in [0, 0.1) is 11.7 Å². The van der Waals surface area contributed by atoms with Crippen LogP contribution >= 0.6 is 0 Å². The molecule has 1 aromatic carbocycles. The highest BCUT2D eigenvalue weighted by molar-refractivity contribution is 5.68. The topological polar surface area (TPSA) is 41.6 Å². The van der Waals surface area contributed by atoms with E-state index in [1.807, 2.05) is 26.8 Å². The van der Waals surface area contributed by atoms with Crippen molar-refractivity contribution in [2.45, 2.75) is 45.8 Å². The molecule has 1 N–H and O–H groups in total. The summed E-state index contributed by atoms with van der Waals surface area (Å²) in [5, 5.41) is 2.92. The minimum atomic E-state index is -0.507. The number of ether oxygens (including phenoxy) is 1. The van der Waals surface area contributed by atoms with Crippen molar-refractivity contribution in [2.75, 3.05) is 18.0 Å². The fraction of sp³-hybridized carbons (Fsp3) is 0.588. The molecule has 2 rings (SSSR count). The Kier molecular flexibility index (Phi) is 4.94. The fourth-order valence-electron chi connectivity index (χ4n) is 2.81. The van der Waals surface area contributed by atoms with Crippen molar-refractivity contribution in [1.29, 1.82) is 0 Å². The van der Waals surface area contributed by atoms with Gasteiger partial charge in [-0.15, -0.1) is 0 Å². The molecule has 22 heavy (non-hydrogen) atoms. The van der Waals surface area contributed by atoms with Crippen molar-refractivity contribution in [1.82, 2.24) is 5.32 Å². The van der Waals surface area contributed by atoms with Gasteiger partial charge in [-0.3, -0.25) is 0 Å². The molecule has 0 radical (unpaired) electrons. The Hall–Kier alpha value is -1.78. The highest BCUT2D eigenvalue weighted by Crippen LogP contribution is 2.24. The number of nitrogens with zero attached hydrogens (tertiary/aromatic N) is 1. The zero-order valence-electron chi connectivity index (χ0n) is 13.7. The molecule has 1 fully saturated rings. The molecule has 0 bridgehead atoms. The van der Waals surface area contributed by atoms with Crippen LogP contribution < -0.4 is 10.2 Å². The molecule has 4 nitrogen and oxygen atoms in total. The van der Waals surface area contributed by atoms with Gasteiger partial charge in [0.1, 0.15) is 11.4 Å². The van der Waals surface area contributed by atoms with E-state index in [0.717, 1.165) is 18.7 Å². The first-order valence-corrected chi connectivity index (χ1v) is 7.73. The third kappa shape index (κ3) is 4.90. The van der Waals surface area contributed by atoms with Gasteiger partial charge in [0.15, 0.2) is 0 Å². The summed E-state index contributed by atoms with van der Waals surface area (Å²) in [7, 11) is 0. The van der Waals surface area contributed by atoms with E-state index in [1.54, 1.807) is 6.07 Å². The summed E-state index contributed by atoms with van der Waals surface area (Å²) in [6, 6.07) is 6.57. The minimum Gasteiger partial charge on any atom is -0.444 e. The lowest BCUT2D eigenvalue weighted by atomic mass is 9.95. The number of rotatable bonds is 2. The zero-order chi connectivity index (χ0) is 16.3. The highest BCUT2D eigenvalue weighted by Gasteiger charge is 2.27. The molecule has 1 aromatic rings. The number of carbonyl (C=O) groups excluding carboxylic acids is 1. The van der Waals surface area contributed by atoms with Gasteiger partial charge in [0.2, 0.25) is 0 Å². The van der Waals surface area contributed by atoms with E-state index >= 15 is 0 Å². The van der Waals surface area contributed by atoms with E-state index in [9.17, 15) is 9.18 Å². The number of hydrogen-bond donors (Lipinski definition) is 1. The van der Waals surface area contributed by atoms with E-state index in [1.165, 1.54) is 12.1 Å². The lowest BCUT2D eigenvalue weighted by Crippen LogP contribution is -2.51. The van der Waals surface area contributed by atoms with E-state index in [2.05, 4.69) is 17.1 Å². The first-order valence-electron chi connectivity index (χ1n) is 7.73. The minimum absolute atomic E-state index is 0.00173. The van der Waals surface area contributed by atoms with Gasteiger partial charge in [-0.05, 0) is 51.3 Å². The Labute approximate surface area is 131 Å². The van der Waals surface area contributed by atoms with Crippen molar-refractivity contribution in [2.24, 2.45) is 5.92 Å². The van der Waals surface area contributed by atoms with Gasteiger partial charge >= 0.3 is 6.09 Å². The molecule has 1 saturated heterocycles. The lowest BCUT2D eigenvalue weighted by molar-refractivity contribution is 0.0495. The quantitative estimate of drug-likeness (QED) is 0.908. The SMILES string of the molecule is CC1CC(NC(=O)OC(C)(C)C)CN(c2cccc(F)c2)C1. The Morgan fingerprint density at radius 1 is 1.36 bits per heavy atom. The van der Waals surface area contributed by atoms with Gasteiger partial charge in [0, 0.05) is 24.8 Å². The molecule has 2 atom stereocenters. The third-order valence-corrected chi connectivity index (χ3v) is 3.55. The molecule has 2 unspecified atom stereocenters. The predicted octanol–water partition coefficient (Wildman–Crippen LogP) is 3.57. The normalized spacial score (nSPS) is 22.3. The highest BCUT2D eigenvalue weighted by atomic mass is 19.1. The number of anilines is 1. The molecule has 0 spiro atoms. The summed E-state index contributed by atoms with van der Waals surface area (Å²) >= 11 is 0. The number of alkyl carbamates (subject to hydrolysis) is 1. The van der Waals surface area contributed by atoms with Crippen LogP contribution in [0.25, 0.3) is 0 Å². The summed E-state index contributed by atoms with van der Waals surface area (Å²) in [6.45, 7) is 9.18. The number of carbonyl (C=O) groups is 1. The number of benzene rings is 1. The maximum absolute atomic E-state index is 13.4. The third-order valence-electron chi connectivity index (χ3n) is 3.55. The molecule has 0 saturated carbocycles. The molecular formula is C17H25FN2O2. The van der Waals surface area contributed by atoms with Crippen LogP contribution in [0.3, 0.4) is 0 Å². The second-order valence-electron chi connectivity index (χ2n) is 7.07. The van der Waals surface area contributed by atoms with Gasteiger partial charge in [-0.25, -0.2) is 9.18 Å². The number of piperidine rings is 1. The monoisotopic (exact) mass is 308 g/mol. The van der Waals surface area contributed by atoms with Crippen LogP contribution in [0.5, 0.6) is 0 Å². The van der Waals surface area contributed by atoms with Crippen molar-refractivity contribution in [3.8, 4) is 0 Å². The second-order valence-corrected chi connectivity index (χ2v) is 7.07. The average molecular weight is 308 g/mol. The maximum Gasteiger partial charge on any atom is 0.407 e. The fourth-order valence-corrected chi connectivity index (χ4v) is 2.81. The smallest absolute Gasteiger partial charge is 0.407 e. The molecule has 1 aliphatic rings. The molecule has 0 aromatic heterocycles. The summed E-state index contributed by atoms with van der Waals surface area (Å²) in [4.78, 5) is 14.0. The van der Waals surface area contributed by atoms with Crippen molar-refractivity contribution in [3.05, 3.63) is 30.1 Å². The Bertz CT molecular complexity index is 528. The maximum atomic E-state index is 13.4. The molecule has 1 heterocycles. The van der Waals surface area contributed by atoms with Gasteiger partial charge in [-0.1, -0.05) is 13.0 Å². The first-order chi connectivity index (χ1) is 10.2. The number of hydrogen-bond acceptors (Lipinski definition) is 3.